The van der Waals surface area contributed by atoms with Gasteiger partial charge < -0.3 is 9.47 Å². The fraction of sp³-hybridized carbons (Fsp3) is 0.176. The van der Waals surface area contributed by atoms with Gasteiger partial charge in [0.2, 0.25) is 11.4 Å². The van der Waals surface area contributed by atoms with Crippen LogP contribution in [0.1, 0.15) is 27.0 Å². The van der Waals surface area contributed by atoms with E-state index in [0.717, 1.165) is 11.1 Å². The summed E-state index contributed by atoms with van der Waals surface area (Å²) in [6.07, 6.45) is 0. The zero-order valence-corrected chi connectivity index (χ0v) is 11.3. The van der Waals surface area contributed by atoms with Gasteiger partial charge in [-0.1, -0.05) is 48.5 Å². The number of aryl methyl sites for hydroxylation is 1. The summed E-state index contributed by atoms with van der Waals surface area (Å²) in [4.78, 5) is 23.8. The van der Waals surface area contributed by atoms with Crippen molar-refractivity contribution in [2.75, 3.05) is 0 Å². The molecule has 2 aromatic carbocycles. The highest BCUT2D eigenvalue weighted by Gasteiger charge is 2.84. The van der Waals surface area contributed by atoms with Gasteiger partial charge in [-0.3, -0.25) is 9.59 Å². The molecule has 0 radical (unpaired) electrons. The Balaban J connectivity index is 1.99. The van der Waals surface area contributed by atoms with Crippen molar-refractivity contribution >= 4 is 12.3 Å². The van der Waals surface area contributed by atoms with E-state index >= 15 is 0 Å². The van der Waals surface area contributed by atoms with Gasteiger partial charge >= 0.3 is 0 Å². The van der Waals surface area contributed by atoms with E-state index in [-0.39, 0.29) is 5.78 Å². The number of fused-ring (bicyclic) bond motifs is 3. The second-order valence-electron chi connectivity index (χ2n) is 5.30. The van der Waals surface area contributed by atoms with Gasteiger partial charge in [0.25, 0.3) is 12.3 Å². The molecule has 0 saturated carbocycles. The molecular weight excluding hydrogens is 268 g/mol. The van der Waals surface area contributed by atoms with Gasteiger partial charge in [0.05, 0.1) is 0 Å². The van der Waals surface area contributed by atoms with Crippen molar-refractivity contribution in [3.05, 3.63) is 70.8 Å². The third-order valence-electron chi connectivity index (χ3n) is 4.30. The predicted octanol–water partition coefficient (Wildman–Crippen LogP) is 2.44. The molecule has 2 aromatic rings. The van der Waals surface area contributed by atoms with Crippen molar-refractivity contribution in [2.45, 2.75) is 18.3 Å². The van der Waals surface area contributed by atoms with Gasteiger partial charge in [0.15, 0.2) is 0 Å². The summed E-state index contributed by atoms with van der Waals surface area (Å²) in [6, 6.07) is 14.6. The van der Waals surface area contributed by atoms with Crippen LogP contribution in [0.25, 0.3) is 0 Å². The van der Waals surface area contributed by atoms with Crippen molar-refractivity contribution in [2.24, 2.45) is 0 Å². The van der Waals surface area contributed by atoms with E-state index in [2.05, 4.69) is 0 Å². The van der Waals surface area contributed by atoms with Crippen LogP contribution in [-0.4, -0.2) is 12.3 Å². The number of hydrogen-bond acceptors (Lipinski definition) is 4. The fourth-order valence-electron chi connectivity index (χ4n) is 3.35. The molecule has 2 aliphatic rings. The van der Waals surface area contributed by atoms with Crippen LogP contribution < -0.4 is 0 Å². The van der Waals surface area contributed by atoms with E-state index < -0.39 is 11.4 Å². The third-order valence-corrected chi connectivity index (χ3v) is 4.30. The van der Waals surface area contributed by atoms with Gasteiger partial charge in [-0.2, -0.15) is 0 Å². The largest absolute Gasteiger partial charge is 0.426 e. The maximum atomic E-state index is 12.9. The molecular formula is C17H12O4. The lowest BCUT2D eigenvalue weighted by Crippen LogP contribution is -2.26. The first-order chi connectivity index (χ1) is 10.2. The topological polar surface area (TPSA) is 55.9 Å². The van der Waals surface area contributed by atoms with Crippen LogP contribution in [0.4, 0.5) is 0 Å². The molecule has 21 heavy (non-hydrogen) atoms. The number of Topliss-reactive ketones (excluding diaryl/α,β-unsaturated/α-hetero) is 1. The lowest BCUT2D eigenvalue weighted by Gasteiger charge is -2.12. The molecule has 104 valence electrons. The Morgan fingerprint density at radius 1 is 1.05 bits per heavy atom. The lowest BCUT2D eigenvalue weighted by molar-refractivity contribution is -0.143. The number of benzene rings is 2. The van der Waals surface area contributed by atoms with Crippen molar-refractivity contribution in [1.82, 2.24) is 0 Å². The predicted molar refractivity (Wildman–Crippen MR) is 73.5 cm³/mol. The molecule has 1 saturated heterocycles. The molecule has 0 aromatic heterocycles. The molecule has 4 heteroatoms. The maximum absolute atomic E-state index is 12.9. The van der Waals surface area contributed by atoms with E-state index in [4.69, 9.17) is 9.47 Å². The minimum absolute atomic E-state index is 0.158. The molecule has 0 bridgehead atoms. The van der Waals surface area contributed by atoms with Gasteiger partial charge in [0.1, 0.15) is 0 Å². The molecule has 4 nitrogen and oxygen atoms in total. The summed E-state index contributed by atoms with van der Waals surface area (Å²) in [5.41, 5.74) is 1.60. The van der Waals surface area contributed by atoms with E-state index in [1.807, 2.05) is 31.2 Å². The molecule has 1 aliphatic heterocycles. The average Bonchev–Trinajstić information content (AvgIpc) is 3.13. The average molecular weight is 280 g/mol. The van der Waals surface area contributed by atoms with Crippen LogP contribution in [-0.2, 0) is 25.7 Å². The fourth-order valence-corrected chi connectivity index (χ4v) is 3.35. The van der Waals surface area contributed by atoms with E-state index in [0.29, 0.717) is 17.6 Å². The second kappa shape index (κ2) is 3.80. The van der Waals surface area contributed by atoms with Crippen LogP contribution in [0.2, 0.25) is 0 Å². The number of epoxide rings is 1. The standard InChI is InChI=1S/C17H12O4/c1-11-6-2-4-8-13(11)16-15(19)12-7-3-5-9-14(12)17(16,21-16)20-10-18/h2-10H,1H3/t16-,17-/m0/s1. The molecule has 4 rings (SSSR count). The number of ether oxygens (including phenoxy) is 2. The molecule has 0 amide bonds. The first-order valence-corrected chi connectivity index (χ1v) is 6.69. The van der Waals surface area contributed by atoms with E-state index in [1.165, 1.54) is 0 Å². The van der Waals surface area contributed by atoms with Gasteiger partial charge in [-0.15, -0.1) is 0 Å². The van der Waals surface area contributed by atoms with Gasteiger partial charge in [-0.05, 0) is 12.5 Å². The van der Waals surface area contributed by atoms with Crippen molar-refractivity contribution in [3.8, 4) is 0 Å². The number of hydrogen-bond donors (Lipinski definition) is 0. The number of ketones is 1. The number of rotatable bonds is 3. The highest BCUT2D eigenvalue weighted by atomic mass is 16.8. The Hall–Kier alpha value is -2.46. The summed E-state index contributed by atoms with van der Waals surface area (Å²) in [5, 5.41) is 0. The highest BCUT2D eigenvalue weighted by molar-refractivity contribution is 6.11. The zero-order chi connectivity index (χ0) is 14.7. The summed E-state index contributed by atoms with van der Waals surface area (Å²) >= 11 is 0. The Bertz CT molecular complexity index is 782. The second-order valence-corrected chi connectivity index (χ2v) is 5.30. The number of carbonyl (C=O) groups excluding carboxylic acids is 2. The molecule has 2 atom stereocenters. The van der Waals surface area contributed by atoms with Crippen LogP contribution in [0.15, 0.2) is 48.5 Å². The summed E-state index contributed by atoms with van der Waals surface area (Å²) in [6.45, 7) is 2.25. The molecule has 1 aliphatic carbocycles. The third kappa shape index (κ3) is 1.24. The van der Waals surface area contributed by atoms with Crippen molar-refractivity contribution in [3.63, 3.8) is 0 Å². The van der Waals surface area contributed by atoms with Crippen LogP contribution in [0.5, 0.6) is 0 Å². The summed E-state index contributed by atoms with van der Waals surface area (Å²) in [7, 11) is 0. The number of carbonyl (C=O) groups is 2. The zero-order valence-electron chi connectivity index (χ0n) is 11.3. The first-order valence-electron chi connectivity index (χ1n) is 6.69. The molecule has 0 N–H and O–H groups in total. The van der Waals surface area contributed by atoms with Crippen molar-refractivity contribution < 1.29 is 19.1 Å². The Morgan fingerprint density at radius 3 is 2.43 bits per heavy atom. The maximum Gasteiger partial charge on any atom is 0.296 e. The molecule has 1 heterocycles. The van der Waals surface area contributed by atoms with Crippen LogP contribution in [0, 0.1) is 6.92 Å². The summed E-state index contributed by atoms with van der Waals surface area (Å²) in [5.74, 6) is -1.47. The molecule has 1 fully saturated rings. The van der Waals surface area contributed by atoms with Crippen LogP contribution >= 0.6 is 0 Å². The van der Waals surface area contributed by atoms with Gasteiger partial charge in [0, 0.05) is 16.7 Å². The van der Waals surface area contributed by atoms with Crippen molar-refractivity contribution in [1.29, 1.82) is 0 Å². The van der Waals surface area contributed by atoms with E-state index in [1.54, 1.807) is 24.3 Å². The minimum atomic E-state index is -1.31. The smallest absolute Gasteiger partial charge is 0.296 e. The Kier molecular flexibility index (Phi) is 2.22. The molecule has 0 spiro atoms. The monoisotopic (exact) mass is 280 g/mol. The normalized spacial score (nSPS) is 28.7. The highest BCUT2D eigenvalue weighted by Crippen LogP contribution is 2.69. The Labute approximate surface area is 121 Å². The minimum Gasteiger partial charge on any atom is -0.426 e. The van der Waals surface area contributed by atoms with Crippen LogP contribution in [0.3, 0.4) is 0 Å². The summed E-state index contributed by atoms with van der Waals surface area (Å²) < 4.78 is 11.0. The van der Waals surface area contributed by atoms with Gasteiger partial charge in [-0.25, -0.2) is 0 Å². The SMILES string of the molecule is Cc1ccccc1[C@@]12O[C@@]1(OC=O)c1ccccc1C2=O. The Morgan fingerprint density at radius 2 is 1.71 bits per heavy atom. The lowest BCUT2D eigenvalue weighted by atomic mass is 9.89. The quantitative estimate of drug-likeness (QED) is 0.640. The first kappa shape index (κ1) is 12.3. The molecule has 0 unspecified atom stereocenters. The van der Waals surface area contributed by atoms with E-state index in [9.17, 15) is 9.59 Å².